The minimum Gasteiger partial charge on any atom is -0.452 e. The summed E-state index contributed by atoms with van der Waals surface area (Å²) in [7, 11) is 1.67. The Bertz CT molecular complexity index is 412. The van der Waals surface area contributed by atoms with E-state index < -0.39 is 5.97 Å². The monoisotopic (exact) mass is 279 g/mol. The van der Waals surface area contributed by atoms with E-state index in [0.717, 1.165) is 5.56 Å². The molecule has 112 valence electrons. The molecule has 0 N–H and O–H groups in total. The lowest BCUT2D eigenvalue weighted by atomic mass is 10.1. The standard InChI is InChI=1S/C13H17NO3.C3H8/c1-4-14(3)12(15)9-17-13(16)11-7-5-10(2)6-8-11;1-3-2/h5-8H,4,9H2,1-3H3;3H2,1-2H3. The van der Waals surface area contributed by atoms with Crippen LogP contribution in [0.3, 0.4) is 0 Å². The van der Waals surface area contributed by atoms with Crippen LogP contribution in [-0.4, -0.2) is 37.0 Å². The van der Waals surface area contributed by atoms with E-state index in [1.54, 1.807) is 19.2 Å². The van der Waals surface area contributed by atoms with Crippen molar-refractivity contribution in [1.29, 1.82) is 0 Å². The molecule has 0 saturated heterocycles. The van der Waals surface area contributed by atoms with E-state index in [1.807, 2.05) is 26.0 Å². The van der Waals surface area contributed by atoms with Crippen LogP contribution < -0.4 is 0 Å². The molecular formula is C16H25NO3. The Labute approximate surface area is 121 Å². The Morgan fingerprint density at radius 2 is 1.60 bits per heavy atom. The van der Waals surface area contributed by atoms with Gasteiger partial charge in [-0.25, -0.2) is 4.79 Å². The summed E-state index contributed by atoms with van der Waals surface area (Å²) in [6.07, 6.45) is 1.25. The molecule has 1 aromatic carbocycles. The van der Waals surface area contributed by atoms with Gasteiger partial charge in [0.2, 0.25) is 0 Å². The number of nitrogens with zero attached hydrogens (tertiary/aromatic N) is 1. The maximum Gasteiger partial charge on any atom is 0.338 e. The maximum absolute atomic E-state index is 11.6. The molecule has 0 aliphatic heterocycles. The average molecular weight is 279 g/mol. The first-order valence-corrected chi connectivity index (χ1v) is 6.93. The van der Waals surface area contributed by atoms with Crippen molar-refractivity contribution in [3.63, 3.8) is 0 Å². The van der Waals surface area contributed by atoms with E-state index in [-0.39, 0.29) is 12.5 Å². The quantitative estimate of drug-likeness (QED) is 0.796. The van der Waals surface area contributed by atoms with Gasteiger partial charge in [-0.15, -0.1) is 0 Å². The summed E-state index contributed by atoms with van der Waals surface area (Å²) >= 11 is 0. The van der Waals surface area contributed by atoms with Gasteiger partial charge in [0.15, 0.2) is 6.61 Å². The molecule has 4 heteroatoms. The van der Waals surface area contributed by atoms with Crippen LogP contribution in [0.4, 0.5) is 0 Å². The highest BCUT2D eigenvalue weighted by Crippen LogP contribution is 2.04. The Morgan fingerprint density at radius 1 is 1.10 bits per heavy atom. The van der Waals surface area contributed by atoms with Crippen LogP contribution in [0.5, 0.6) is 0 Å². The summed E-state index contributed by atoms with van der Waals surface area (Å²) in [5.41, 5.74) is 1.53. The third kappa shape index (κ3) is 6.92. The van der Waals surface area contributed by atoms with Crippen LogP contribution in [0.25, 0.3) is 0 Å². The highest BCUT2D eigenvalue weighted by molar-refractivity contribution is 5.91. The van der Waals surface area contributed by atoms with Crippen LogP contribution in [0, 0.1) is 6.92 Å². The lowest BCUT2D eigenvalue weighted by Gasteiger charge is -2.14. The second kappa shape index (κ2) is 10.0. The van der Waals surface area contributed by atoms with Gasteiger partial charge in [-0.3, -0.25) is 4.79 Å². The van der Waals surface area contributed by atoms with Crippen molar-refractivity contribution in [2.24, 2.45) is 0 Å². The van der Waals surface area contributed by atoms with Gasteiger partial charge in [0, 0.05) is 13.6 Å². The highest BCUT2D eigenvalue weighted by atomic mass is 16.5. The first-order chi connectivity index (χ1) is 9.46. The fourth-order valence-corrected chi connectivity index (χ4v) is 1.19. The molecule has 0 saturated carbocycles. The van der Waals surface area contributed by atoms with Gasteiger partial charge in [0.25, 0.3) is 5.91 Å². The Morgan fingerprint density at radius 3 is 2.05 bits per heavy atom. The summed E-state index contributed by atoms with van der Waals surface area (Å²) in [6.45, 7) is 8.44. The molecule has 0 bridgehead atoms. The zero-order chi connectivity index (χ0) is 15.5. The van der Waals surface area contributed by atoms with Gasteiger partial charge in [-0.05, 0) is 26.0 Å². The van der Waals surface area contributed by atoms with Gasteiger partial charge in [-0.2, -0.15) is 0 Å². The SMILES string of the molecule is CCC.CCN(C)C(=O)COC(=O)c1ccc(C)cc1. The molecule has 1 amide bonds. The number of hydrogen-bond donors (Lipinski definition) is 0. The number of aryl methyl sites for hydroxylation is 1. The lowest BCUT2D eigenvalue weighted by Crippen LogP contribution is -2.30. The minimum absolute atomic E-state index is 0.201. The maximum atomic E-state index is 11.6. The van der Waals surface area contributed by atoms with E-state index in [4.69, 9.17) is 4.74 Å². The number of carbonyl (C=O) groups is 2. The van der Waals surface area contributed by atoms with Crippen molar-refractivity contribution >= 4 is 11.9 Å². The van der Waals surface area contributed by atoms with Crippen molar-refractivity contribution in [3.05, 3.63) is 35.4 Å². The second-order valence-electron chi connectivity index (χ2n) is 4.56. The van der Waals surface area contributed by atoms with Crippen LogP contribution >= 0.6 is 0 Å². The predicted octanol–water partition coefficient (Wildman–Crippen LogP) is 3.05. The number of rotatable bonds is 4. The number of ether oxygens (including phenoxy) is 1. The molecule has 0 aliphatic rings. The van der Waals surface area contributed by atoms with Crippen molar-refractivity contribution < 1.29 is 14.3 Å². The van der Waals surface area contributed by atoms with Crippen molar-refractivity contribution in [2.75, 3.05) is 20.2 Å². The van der Waals surface area contributed by atoms with Gasteiger partial charge in [-0.1, -0.05) is 38.0 Å². The van der Waals surface area contributed by atoms with Crippen LogP contribution in [0.1, 0.15) is 43.1 Å². The predicted molar refractivity (Wildman–Crippen MR) is 80.7 cm³/mol. The number of esters is 1. The first kappa shape index (κ1) is 18.2. The second-order valence-corrected chi connectivity index (χ2v) is 4.56. The smallest absolute Gasteiger partial charge is 0.338 e. The molecule has 0 heterocycles. The Balaban J connectivity index is 0.00000110. The van der Waals surface area contributed by atoms with Gasteiger partial charge in [0.1, 0.15) is 0 Å². The summed E-state index contributed by atoms with van der Waals surface area (Å²) in [5, 5.41) is 0. The fourth-order valence-electron chi connectivity index (χ4n) is 1.19. The molecule has 0 unspecified atom stereocenters. The van der Waals surface area contributed by atoms with E-state index in [1.165, 1.54) is 11.3 Å². The number of likely N-dealkylation sites (N-methyl/N-ethyl adjacent to an activating group) is 1. The molecule has 20 heavy (non-hydrogen) atoms. The Kier molecular flexibility index (Phi) is 9.09. The number of benzene rings is 1. The third-order valence-electron chi connectivity index (χ3n) is 2.51. The van der Waals surface area contributed by atoms with E-state index >= 15 is 0 Å². The summed E-state index contributed by atoms with van der Waals surface area (Å²) in [4.78, 5) is 24.5. The molecule has 0 aliphatic carbocycles. The van der Waals surface area contributed by atoms with Gasteiger partial charge in [0.05, 0.1) is 5.56 Å². The summed E-state index contributed by atoms with van der Waals surface area (Å²) in [6, 6.07) is 7.03. The number of carbonyl (C=O) groups excluding carboxylic acids is 2. The molecule has 1 rings (SSSR count). The molecular weight excluding hydrogens is 254 g/mol. The van der Waals surface area contributed by atoms with Crippen LogP contribution in [0.2, 0.25) is 0 Å². The molecule has 0 fully saturated rings. The van der Waals surface area contributed by atoms with Crippen LogP contribution in [0.15, 0.2) is 24.3 Å². The zero-order valence-corrected chi connectivity index (χ0v) is 13.1. The fraction of sp³-hybridized carbons (Fsp3) is 0.500. The van der Waals surface area contributed by atoms with E-state index in [9.17, 15) is 9.59 Å². The van der Waals surface area contributed by atoms with E-state index in [0.29, 0.717) is 12.1 Å². The Hall–Kier alpha value is -1.84. The van der Waals surface area contributed by atoms with E-state index in [2.05, 4.69) is 13.8 Å². The summed E-state index contributed by atoms with van der Waals surface area (Å²) < 4.78 is 4.92. The van der Waals surface area contributed by atoms with Gasteiger partial charge >= 0.3 is 5.97 Å². The highest BCUT2D eigenvalue weighted by Gasteiger charge is 2.11. The normalized spacial score (nSPS) is 9.25. The molecule has 0 atom stereocenters. The minimum atomic E-state index is -0.470. The largest absolute Gasteiger partial charge is 0.452 e. The number of amides is 1. The van der Waals surface area contributed by atoms with Crippen molar-refractivity contribution in [2.45, 2.75) is 34.1 Å². The van der Waals surface area contributed by atoms with Crippen LogP contribution in [-0.2, 0) is 9.53 Å². The lowest BCUT2D eigenvalue weighted by molar-refractivity contribution is -0.133. The average Bonchev–Trinajstić information content (AvgIpc) is 2.45. The molecule has 1 aromatic rings. The molecule has 4 nitrogen and oxygen atoms in total. The molecule has 0 radical (unpaired) electrons. The topological polar surface area (TPSA) is 46.6 Å². The summed E-state index contributed by atoms with van der Waals surface area (Å²) in [5.74, 6) is -0.671. The zero-order valence-electron chi connectivity index (χ0n) is 13.1. The van der Waals surface area contributed by atoms with Crippen molar-refractivity contribution in [3.8, 4) is 0 Å². The molecule has 0 aromatic heterocycles. The van der Waals surface area contributed by atoms with Gasteiger partial charge < -0.3 is 9.64 Å². The molecule has 0 spiro atoms. The van der Waals surface area contributed by atoms with Crippen molar-refractivity contribution in [1.82, 2.24) is 4.90 Å². The third-order valence-corrected chi connectivity index (χ3v) is 2.51. The number of hydrogen-bond acceptors (Lipinski definition) is 3. The first-order valence-electron chi connectivity index (χ1n) is 6.93.